The second kappa shape index (κ2) is 9.37. The predicted octanol–water partition coefficient (Wildman–Crippen LogP) is 5.45. The maximum atomic E-state index is 13.3. The number of rotatable bonds is 7. The number of benzene rings is 2. The van der Waals surface area contributed by atoms with E-state index >= 15 is 0 Å². The summed E-state index contributed by atoms with van der Waals surface area (Å²) in [5, 5.41) is 11.5. The number of ether oxygens (including phenoxy) is 1. The molecule has 1 unspecified atom stereocenters. The summed E-state index contributed by atoms with van der Waals surface area (Å²) in [4.78, 5) is 0.308. The van der Waals surface area contributed by atoms with Gasteiger partial charge in [-0.05, 0) is 70.0 Å². The first kappa shape index (κ1) is 24.0. The van der Waals surface area contributed by atoms with E-state index in [1.165, 1.54) is 10.9 Å². The second-order valence-electron chi connectivity index (χ2n) is 9.22. The standard InChI is InChI=1S/C26H30N4O3S2/c1-5-29-16-24(23-11-6-19(14-25(23)29)26-28-27-18(4)34-26)20-12-13-30(15-20)35(31,32)22-9-7-21(8-10-22)33-17(2)3/h6-11,14,16-17,20H,5,12-13,15H2,1-4H3. The SMILES string of the molecule is CCn1cc(C2CCN(S(=O)(=O)c3ccc(OC(C)C)cc3)C2)c2ccc(-c3nnc(C)s3)cc21. The molecule has 1 aliphatic rings. The van der Waals surface area contributed by atoms with Crippen molar-refractivity contribution in [3.63, 3.8) is 0 Å². The van der Waals surface area contributed by atoms with Crippen LogP contribution in [-0.4, -0.2) is 46.7 Å². The Morgan fingerprint density at radius 1 is 1.14 bits per heavy atom. The average molecular weight is 511 g/mol. The number of sulfonamides is 1. The van der Waals surface area contributed by atoms with Gasteiger partial charge >= 0.3 is 0 Å². The van der Waals surface area contributed by atoms with Gasteiger partial charge in [-0.3, -0.25) is 0 Å². The van der Waals surface area contributed by atoms with Crippen LogP contribution in [-0.2, 0) is 16.6 Å². The molecule has 1 fully saturated rings. The summed E-state index contributed by atoms with van der Waals surface area (Å²) in [6, 6.07) is 13.1. The topological polar surface area (TPSA) is 77.3 Å². The van der Waals surface area contributed by atoms with Gasteiger partial charge in [-0.2, -0.15) is 4.31 Å². The number of aromatic nitrogens is 3. The van der Waals surface area contributed by atoms with Gasteiger partial charge in [0.15, 0.2) is 0 Å². The molecule has 9 heteroatoms. The summed E-state index contributed by atoms with van der Waals surface area (Å²) in [6.07, 6.45) is 3.03. The van der Waals surface area contributed by atoms with Gasteiger partial charge in [0, 0.05) is 48.2 Å². The lowest BCUT2D eigenvalue weighted by atomic mass is 9.97. The van der Waals surface area contributed by atoms with Crippen LogP contribution in [0.25, 0.3) is 21.5 Å². The molecule has 0 saturated carbocycles. The van der Waals surface area contributed by atoms with Crippen LogP contribution in [0.4, 0.5) is 0 Å². The Kier molecular flexibility index (Phi) is 6.41. The van der Waals surface area contributed by atoms with Gasteiger partial charge in [-0.25, -0.2) is 8.42 Å². The molecule has 2 aromatic heterocycles. The highest BCUT2D eigenvalue weighted by Gasteiger charge is 2.34. The van der Waals surface area contributed by atoms with Crippen LogP contribution >= 0.6 is 11.3 Å². The first-order valence-corrected chi connectivity index (χ1v) is 14.2. The van der Waals surface area contributed by atoms with E-state index < -0.39 is 10.0 Å². The monoisotopic (exact) mass is 510 g/mol. The number of hydrogen-bond acceptors (Lipinski definition) is 6. The third kappa shape index (κ3) is 4.60. The van der Waals surface area contributed by atoms with E-state index in [0.717, 1.165) is 34.1 Å². The van der Waals surface area contributed by atoms with Crippen molar-refractivity contribution in [2.45, 2.75) is 57.6 Å². The average Bonchev–Trinajstić information content (AvgIpc) is 3.57. The van der Waals surface area contributed by atoms with Gasteiger partial charge in [-0.1, -0.05) is 23.5 Å². The van der Waals surface area contributed by atoms with Crippen LogP contribution in [0.2, 0.25) is 0 Å². The molecule has 5 rings (SSSR count). The minimum atomic E-state index is -3.56. The third-order valence-electron chi connectivity index (χ3n) is 6.45. The molecule has 0 bridgehead atoms. The molecular weight excluding hydrogens is 480 g/mol. The van der Waals surface area contributed by atoms with Crippen LogP contribution in [0, 0.1) is 6.92 Å². The van der Waals surface area contributed by atoms with Crippen molar-refractivity contribution in [1.82, 2.24) is 19.1 Å². The van der Waals surface area contributed by atoms with E-state index in [-0.39, 0.29) is 12.0 Å². The number of nitrogens with zero attached hydrogens (tertiary/aromatic N) is 4. The summed E-state index contributed by atoms with van der Waals surface area (Å²) >= 11 is 1.59. The first-order chi connectivity index (χ1) is 16.8. The fourth-order valence-corrected chi connectivity index (χ4v) is 6.95. The smallest absolute Gasteiger partial charge is 0.243 e. The Morgan fingerprint density at radius 3 is 2.57 bits per heavy atom. The molecule has 0 radical (unpaired) electrons. The van der Waals surface area contributed by atoms with Crippen molar-refractivity contribution >= 4 is 32.3 Å². The molecule has 184 valence electrons. The molecular formula is C26H30N4O3S2. The summed E-state index contributed by atoms with van der Waals surface area (Å²) in [5.74, 6) is 0.826. The highest BCUT2D eigenvalue weighted by Crippen LogP contribution is 2.37. The Labute approximate surface area is 210 Å². The van der Waals surface area contributed by atoms with Crippen molar-refractivity contribution in [3.05, 3.63) is 59.2 Å². The van der Waals surface area contributed by atoms with Gasteiger partial charge in [0.05, 0.1) is 11.0 Å². The molecule has 0 aliphatic carbocycles. The zero-order valence-corrected chi connectivity index (χ0v) is 22.1. The van der Waals surface area contributed by atoms with Crippen LogP contribution in [0.3, 0.4) is 0 Å². The Hall–Kier alpha value is -2.75. The van der Waals surface area contributed by atoms with Crippen LogP contribution in [0.15, 0.2) is 53.6 Å². The molecule has 7 nitrogen and oxygen atoms in total. The molecule has 1 aliphatic heterocycles. The lowest BCUT2D eigenvalue weighted by molar-refractivity contribution is 0.242. The number of hydrogen-bond donors (Lipinski definition) is 0. The van der Waals surface area contributed by atoms with E-state index in [1.807, 2.05) is 20.8 Å². The van der Waals surface area contributed by atoms with E-state index in [1.54, 1.807) is 39.9 Å². The van der Waals surface area contributed by atoms with Crippen molar-refractivity contribution < 1.29 is 13.2 Å². The van der Waals surface area contributed by atoms with Gasteiger partial charge in [0.2, 0.25) is 10.0 Å². The number of aryl methyl sites for hydroxylation is 2. The predicted molar refractivity (Wildman–Crippen MR) is 140 cm³/mol. The first-order valence-electron chi connectivity index (χ1n) is 12.0. The summed E-state index contributed by atoms with van der Waals surface area (Å²) in [6.45, 7) is 9.81. The maximum Gasteiger partial charge on any atom is 0.243 e. The molecule has 35 heavy (non-hydrogen) atoms. The lowest BCUT2D eigenvalue weighted by Crippen LogP contribution is -2.28. The van der Waals surface area contributed by atoms with E-state index in [4.69, 9.17) is 4.74 Å². The summed E-state index contributed by atoms with van der Waals surface area (Å²) < 4.78 is 36.2. The normalized spacial score (nSPS) is 17.0. The summed E-state index contributed by atoms with van der Waals surface area (Å²) in [5.41, 5.74) is 3.41. The molecule has 0 N–H and O–H groups in total. The molecule has 0 amide bonds. The van der Waals surface area contributed by atoms with Gasteiger partial charge in [0.25, 0.3) is 0 Å². The molecule has 3 heterocycles. The van der Waals surface area contributed by atoms with Gasteiger partial charge < -0.3 is 9.30 Å². The largest absolute Gasteiger partial charge is 0.491 e. The zero-order chi connectivity index (χ0) is 24.7. The fourth-order valence-electron chi connectivity index (χ4n) is 4.77. The van der Waals surface area contributed by atoms with E-state index in [0.29, 0.717) is 23.7 Å². The van der Waals surface area contributed by atoms with E-state index in [9.17, 15) is 8.42 Å². The summed E-state index contributed by atoms with van der Waals surface area (Å²) in [7, 11) is -3.56. The quantitative estimate of drug-likeness (QED) is 0.330. The molecule has 1 saturated heterocycles. The number of fused-ring (bicyclic) bond motifs is 1. The van der Waals surface area contributed by atoms with Crippen molar-refractivity contribution in [3.8, 4) is 16.3 Å². The van der Waals surface area contributed by atoms with Crippen molar-refractivity contribution in [1.29, 1.82) is 0 Å². The molecule has 4 aromatic rings. The fraction of sp³-hybridized carbons (Fsp3) is 0.385. The minimum Gasteiger partial charge on any atom is -0.491 e. The van der Waals surface area contributed by atoms with Crippen LogP contribution in [0.1, 0.15) is 43.7 Å². The minimum absolute atomic E-state index is 0.0421. The third-order valence-corrected chi connectivity index (χ3v) is 9.22. The Balaban J connectivity index is 1.40. The Bertz CT molecular complexity index is 1460. The van der Waals surface area contributed by atoms with Crippen LogP contribution < -0.4 is 4.74 Å². The van der Waals surface area contributed by atoms with E-state index in [2.05, 4.69) is 46.1 Å². The lowest BCUT2D eigenvalue weighted by Gasteiger charge is -2.17. The highest BCUT2D eigenvalue weighted by atomic mass is 32.2. The highest BCUT2D eigenvalue weighted by molar-refractivity contribution is 7.89. The molecule has 2 aromatic carbocycles. The van der Waals surface area contributed by atoms with Crippen LogP contribution in [0.5, 0.6) is 5.75 Å². The molecule has 1 atom stereocenters. The second-order valence-corrected chi connectivity index (χ2v) is 12.3. The van der Waals surface area contributed by atoms with Gasteiger partial charge in [-0.15, -0.1) is 10.2 Å². The zero-order valence-electron chi connectivity index (χ0n) is 20.4. The van der Waals surface area contributed by atoms with Crippen molar-refractivity contribution in [2.75, 3.05) is 13.1 Å². The van der Waals surface area contributed by atoms with Crippen molar-refractivity contribution in [2.24, 2.45) is 0 Å². The maximum absolute atomic E-state index is 13.3. The molecule has 0 spiro atoms. The Morgan fingerprint density at radius 2 is 1.91 bits per heavy atom. The van der Waals surface area contributed by atoms with Gasteiger partial charge in [0.1, 0.15) is 15.8 Å².